The molecule has 0 saturated carbocycles. The SMILES string of the molecule is CCC(CC)(OC)c1nc(-c2ccccc2)c(C(=O)O)s1. The summed E-state index contributed by atoms with van der Waals surface area (Å²) in [6.07, 6.45) is 1.50. The van der Waals surface area contributed by atoms with E-state index in [1.165, 1.54) is 11.3 Å². The van der Waals surface area contributed by atoms with E-state index in [1.54, 1.807) is 7.11 Å². The van der Waals surface area contributed by atoms with Gasteiger partial charge in [-0.05, 0) is 12.8 Å². The van der Waals surface area contributed by atoms with E-state index in [9.17, 15) is 9.90 Å². The summed E-state index contributed by atoms with van der Waals surface area (Å²) in [6, 6.07) is 9.40. The van der Waals surface area contributed by atoms with E-state index in [1.807, 2.05) is 44.2 Å². The molecule has 1 N–H and O–H groups in total. The molecule has 1 heterocycles. The summed E-state index contributed by atoms with van der Waals surface area (Å²) in [7, 11) is 1.65. The summed E-state index contributed by atoms with van der Waals surface area (Å²) >= 11 is 1.21. The molecule has 5 heteroatoms. The molecule has 0 aliphatic carbocycles. The number of hydrogen-bond acceptors (Lipinski definition) is 4. The number of carboxylic acid groups (broad SMARTS) is 1. The molecule has 1 aromatic heterocycles. The first-order valence-corrected chi connectivity index (χ1v) is 7.74. The molecular formula is C16H19NO3S. The van der Waals surface area contributed by atoms with E-state index < -0.39 is 11.6 Å². The van der Waals surface area contributed by atoms with E-state index in [2.05, 4.69) is 4.98 Å². The number of aromatic nitrogens is 1. The molecule has 112 valence electrons. The van der Waals surface area contributed by atoms with Gasteiger partial charge in [0.05, 0.1) is 5.69 Å². The first kappa shape index (κ1) is 15.7. The van der Waals surface area contributed by atoms with Crippen molar-refractivity contribution in [2.45, 2.75) is 32.3 Å². The Morgan fingerprint density at radius 3 is 2.38 bits per heavy atom. The third-order valence-electron chi connectivity index (χ3n) is 3.79. The van der Waals surface area contributed by atoms with Gasteiger partial charge in [-0.2, -0.15) is 0 Å². The third kappa shape index (κ3) is 2.84. The number of benzene rings is 1. The zero-order valence-electron chi connectivity index (χ0n) is 12.4. The Morgan fingerprint density at radius 2 is 1.90 bits per heavy atom. The van der Waals surface area contributed by atoms with E-state index in [-0.39, 0.29) is 4.88 Å². The fraction of sp³-hybridized carbons (Fsp3) is 0.375. The van der Waals surface area contributed by atoms with Gasteiger partial charge in [0.15, 0.2) is 0 Å². The van der Waals surface area contributed by atoms with E-state index in [0.717, 1.165) is 23.4 Å². The number of hydrogen-bond donors (Lipinski definition) is 1. The first-order chi connectivity index (χ1) is 10.1. The van der Waals surface area contributed by atoms with Crippen LogP contribution in [0.1, 0.15) is 41.4 Å². The van der Waals surface area contributed by atoms with Gasteiger partial charge in [0.2, 0.25) is 0 Å². The van der Waals surface area contributed by atoms with Gasteiger partial charge in [0.1, 0.15) is 15.5 Å². The number of thiazole rings is 1. The minimum atomic E-state index is -0.949. The molecular weight excluding hydrogens is 286 g/mol. The fourth-order valence-electron chi connectivity index (χ4n) is 2.38. The number of rotatable bonds is 6. The van der Waals surface area contributed by atoms with Crippen molar-refractivity contribution < 1.29 is 14.6 Å². The van der Waals surface area contributed by atoms with Crippen LogP contribution < -0.4 is 0 Å². The van der Waals surface area contributed by atoms with Crippen molar-refractivity contribution in [3.05, 3.63) is 40.2 Å². The maximum absolute atomic E-state index is 11.5. The van der Waals surface area contributed by atoms with Gasteiger partial charge in [-0.15, -0.1) is 11.3 Å². The second-order valence-corrected chi connectivity index (χ2v) is 5.77. The van der Waals surface area contributed by atoms with Gasteiger partial charge >= 0.3 is 5.97 Å². The Morgan fingerprint density at radius 1 is 1.29 bits per heavy atom. The zero-order chi connectivity index (χ0) is 15.5. The van der Waals surface area contributed by atoms with E-state index in [0.29, 0.717) is 5.69 Å². The van der Waals surface area contributed by atoms with Crippen LogP contribution in [0.15, 0.2) is 30.3 Å². The van der Waals surface area contributed by atoms with Gasteiger partial charge in [0.25, 0.3) is 0 Å². The van der Waals surface area contributed by atoms with Crippen molar-refractivity contribution in [3.8, 4) is 11.3 Å². The predicted octanol–water partition coefficient (Wildman–Crippen LogP) is 4.17. The Balaban J connectivity index is 2.60. The Kier molecular flexibility index (Phi) is 4.75. The molecule has 0 saturated heterocycles. The predicted molar refractivity (Wildman–Crippen MR) is 83.8 cm³/mol. The van der Waals surface area contributed by atoms with Crippen molar-refractivity contribution in [2.75, 3.05) is 7.11 Å². The van der Waals surface area contributed by atoms with E-state index in [4.69, 9.17) is 4.74 Å². The molecule has 0 spiro atoms. The van der Waals surface area contributed by atoms with Crippen molar-refractivity contribution in [1.29, 1.82) is 0 Å². The second-order valence-electron chi connectivity index (χ2n) is 4.77. The molecule has 0 atom stereocenters. The summed E-state index contributed by atoms with van der Waals surface area (Å²) in [6.45, 7) is 4.05. The van der Waals surface area contributed by atoms with Crippen LogP contribution in [0.3, 0.4) is 0 Å². The molecule has 0 radical (unpaired) electrons. The highest BCUT2D eigenvalue weighted by Gasteiger charge is 2.34. The van der Waals surface area contributed by atoms with Crippen LogP contribution in [0.5, 0.6) is 0 Å². The smallest absolute Gasteiger partial charge is 0.348 e. The number of methoxy groups -OCH3 is 1. The largest absolute Gasteiger partial charge is 0.477 e. The first-order valence-electron chi connectivity index (χ1n) is 6.93. The van der Waals surface area contributed by atoms with Crippen LogP contribution >= 0.6 is 11.3 Å². The maximum atomic E-state index is 11.5. The molecule has 0 aliphatic heterocycles. The topological polar surface area (TPSA) is 59.4 Å². The van der Waals surface area contributed by atoms with Gasteiger partial charge in [-0.1, -0.05) is 44.2 Å². The van der Waals surface area contributed by atoms with Gasteiger partial charge in [-0.3, -0.25) is 0 Å². The number of aromatic carboxylic acids is 1. The number of nitrogens with zero attached hydrogens (tertiary/aromatic N) is 1. The second kappa shape index (κ2) is 6.37. The molecule has 2 rings (SSSR count). The average molecular weight is 305 g/mol. The molecule has 0 unspecified atom stereocenters. The van der Waals surface area contributed by atoms with E-state index >= 15 is 0 Å². The highest BCUT2D eigenvalue weighted by molar-refractivity contribution is 7.14. The molecule has 1 aromatic carbocycles. The van der Waals surface area contributed by atoms with Crippen molar-refractivity contribution >= 4 is 17.3 Å². The maximum Gasteiger partial charge on any atom is 0.348 e. The number of carbonyl (C=O) groups is 1. The quantitative estimate of drug-likeness (QED) is 0.870. The minimum absolute atomic E-state index is 0.263. The lowest BCUT2D eigenvalue weighted by Gasteiger charge is -2.27. The number of ether oxygens (including phenoxy) is 1. The van der Waals surface area contributed by atoms with Crippen LogP contribution in [-0.2, 0) is 10.3 Å². The number of carboxylic acids is 1. The van der Waals surface area contributed by atoms with Crippen LogP contribution in [0, 0.1) is 0 Å². The Labute approximate surface area is 128 Å². The van der Waals surface area contributed by atoms with Gasteiger partial charge < -0.3 is 9.84 Å². The fourth-order valence-corrected chi connectivity index (χ4v) is 3.62. The lowest BCUT2D eigenvalue weighted by atomic mass is 9.98. The lowest BCUT2D eigenvalue weighted by molar-refractivity contribution is -0.0218. The molecule has 2 aromatic rings. The lowest BCUT2D eigenvalue weighted by Crippen LogP contribution is -2.26. The van der Waals surface area contributed by atoms with Crippen molar-refractivity contribution in [3.63, 3.8) is 0 Å². The zero-order valence-corrected chi connectivity index (χ0v) is 13.2. The van der Waals surface area contributed by atoms with Gasteiger partial charge in [-0.25, -0.2) is 9.78 Å². The average Bonchev–Trinajstić information content (AvgIpc) is 2.97. The third-order valence-corrected chi connectivity index (χ3v) is 5.02. The minimum Gasteiger partial charge on any atom is -0.477 e. The van der Waals surface area contributed by atoms with Crippen molar-refractivity contribution in [1.82, 2.24) is 4.98 Å². The van der Waals surface area contributed by atoms with Crippen LogP contribution in [0.4, 0.5) is 0 Å². The van der Waals surface area contributed by atoms with Crippen LogP contribution in [0.2, 0.25) is 0 Å². The van der Waals surface area contributed by atoms with Crippen LogP contribution in [0.25, 0.3) is 11.3 Å². The Hall–Kier alpha value is -1.72. The summed E-state index contributed by atoms with van der Waals surface area (Å²) in [5, 5.41) is 10.2. The normalized spacial score (nSPS) is 11.6. The molecule has 21 heavy (non-hydrogen) atoms. The van der Waals surface area contributed by atoms with Gasteiger partial charge in [0, 0.05) is 12.7 Å². The molecule has 0 fully saturated rings. The monoisotopic (exact) mass is 305 g/mol. The molecule has 0 aliphatic rings. The standard InChI is InChI=1S/C16H19NO3S/c1-4-16(5-2,20-3)15-17-12(13(21-15)14(18)19)11-9-7-6-8-10-11/h6-10H,4-5H2,1-3H3,(H,18,19). The highest BCUT2D eigenvalue weighted by atomic mass is 32.1. The van der Waals surface area contributed by atoms with Crippen molar-refractivity contribution in [2.24, 2.45) is 0 Å². The molecule has 0 bridgehead atoms. The molecule has 0 amide bonds. The Bertz CT molecular complexity index is 609. The summed E-state index contributed by atoms with van der Waals surface area (Å²) in [5.41, 5.74) is 0.822. The van der Waals surface area contributed by atoms with Crippen LogP contribution in [-0.4, -0.2) is 23.2 Å². The highest BCUT2D eigenvalue weighted by Crippen LogP contribution is 2.39. The summed E-state index contributed by atoms with van der Waals surface area (Å²) < 4.78 is 5.66. The summed E-state index contributed by atoms with van der Waals surface area (Å²) in [4.78, 5) is 16.4. The molecule has 4 nitrogen and oxygen atoms in total. The summed E-state index contributed by atoms with van der Waals surface area (Å²) in [5.74, 6) is -0.949.